The third kappa shape index (κ3) is 7.56. The number of nitrogens with one attached hydrogen (secondary N) is 2. The number of likely N-dealkylation sites (N-methyl/N-ethyl adjacent to an activating group) is 1. The lowest BCUT2D eigenvalue weighted by atomic mass is 10.2. The van der Waals surface area contributed by atoms with Crippen molar-refractivity contribution in [3.8, 4) is 0 Å². The molecule has 0 aliphatic carbocycles. The third-order valence-electron chi connectivity index (χ3n) is 5.47. The van der Waals surface area contributed by atoms with Crippen LogP contribution in [0.2, 0.25) is 0 Å². The molecule has 2 N–H and O–H groups in total. The molecule has 0 bridgehead atoms. The second-order valence-electron chi connectivity index (χ2n) is 8.04. The first-order valence-corrected chi connectivity index (χ1v) is 11.2. The highest BCUT2D eigenvalue weighted by atomic mass is 16.5. The SMILES string of the molecule is CN(C)C(=O)CN=C(NCCCN1CCOCC1)NCCCn1ccc2ccccc21. The molecule has 1 amide bonds. The number of para-hydroxylation sites is 1. The number of aliphatic imine (C=N–C) groups is 1. The van der Waals surface area contributed by atoms with Crippen LogP contribution < -0.4 is 10.6 Å². The topological polar surface area (TPSA) is 74.1 Å². The van der Waals surface area contributed by atoms with E-state index in [1.165, 1.54) is 10.9 Å². The van der Waals surface area contributed by atoms with Crippen molar-refractivity contribution >= 4 is 22.8 Å². The highest BCUT2D eigenvalue weighted by molar-refractivity contribution is 5.84. The summed E-state index contributed by atoms with van der Waals surface area (Å²) in [6.45, 7) is 7.39. The zero-order valence-corrected chi connectivity index (χ0v) is 18.8. The molecule has 1 aromatic heterocycles. The lowest BCUT2D eigenvalue weighted by molar-refractivity contribution is -0.127. The van der Waals surface area contributed by atoms with Gasteiger partial charge in [0, 0.05) is 58.5 Å². The first-order valence-electron chi connectivity index (χ1n) is 11.2. The third-order valence-corrected chi connectivity index (χ3v) is 5.47. The number of morpholine rings is 1. The number of ether oxygens (including phenoxy) is 1. The van der Waals surface area contributed by atoms with Crippen molar-refractivity contribution in [3.63, 3.8) is 0 Å². The van der Waals surface area contributed by atoms with Crippen molar-refractivity contribution in [2.45, 2.75) is 19.4 Å². The lowest BCUT2D eigenvalue weighted by Crippen LogP contribution is -2.41. The summed E-state index contributed by atoms with van der Waals surface area (Å²) in [5, 5.41) is 8.03. The summed E-state index contributed by atoms with van der Waals surface area (Å²) in [6, 6.07) is 10.6. The number of hydrogen-bond acceptors (Lipinski definition) is 4. The standard InChI is InChI=1S/C23H36N6O2/c1-27(2)22(30)19-26-23(24-10-5-12-28-15-17-31-18-16-28)25-11-6-13-29-14-9-20-7-3-4-8-21(20)29/h3-4,7-9,14H,5-6,10-13,15-19H2,1-2H3,(H2,24,25,26). The van der Waals surface area contributed by atoms with E-state index in [2.05, 4.69) is 61.6 Å². The number of carbonyl (C=O) groups excluding carboxylic acids is 1. The van der Waals surface area contributed by atoms with Crippen LogP contribution in [0, 0.1) is 0 Å². The highest BCUT2D eigenvalue weighted by Crippen LogP contribution is 2.15. The van der Waals surface area contributed by atoms with Crippen molar-refractivity contribution in [2.24, 2.45) is 4.99 Å². The Morgan fingerprint density at radius 1 is 1.06 bits per heavy atom. The summed E-state index contributed by atoms with van der Waals surface area (Å²) in [7, 11) is 3.50. The van der Waals surface area contributed by atoms with Gasteiger partial charge in [0.15, 0.2) is 5.96 Å². The average Bonchev–Trinajstić information content (AvgIpc) is 3.20. The van der Waals surface area contributed by atoms with Gasteiger partial charge >= 0.3 is 0 Å². The Bertz CT molecular complexity index is 841. The molecule has 8 nitrogen and oxygen atoms in total. The van der Waals surface area contributed by atoms with Crippen LogP contribution in [-0.2, 0) is 16.1 Å². The number of aromatic nitrogens is 1. The van der Waals surface area contributed by atoms with E-state index in [0.29, 0.717) is 5.96 Å². The molecule has 0 saturated carbocycles. The maximum atomic E-state index is 11.9. The van der Waals surface area contributed by atoms with Gasteiger partial charge in [0.25, 0.3) is 0 Å². The number of aryl methyl sites for hydroxylation is 1. The molecule has 1 aliphatic rings. The van der Waals surface area contributed by atoms with Crippen LogP contribution in [0.5, 0.6) is 0 Å². The summed E-state index contributed by atoms with van der Waals surface area (Å²) in [5.41, 5.74) is 1.26. The monoisotopic (exact) mass is 428 g/mol. The van der Waals surface area contributed by atoms with Gasteiger partial charge in [-0.25, -0.2) is 4.99 Å². The quantitative estimate of drug-likeness (QED) is 0.340. The average molecular weight is 429 g/mol. The second kappa shape index (κ2) is 12.3. The van der Waals surface area contributed by atoms with E-state index >= 15 is 0 Å². The first-order chi connectivity index (χ1) is 15.1. The van der Waals surface area contributed by atoms with E-state index in [1.54, 1.807) is 19.0 Å². The maximum absolute atomic E-state index is 11.9. The van der Waals surface area contributed by atoms with Crippen molar-refractivity contribution < 1.29 is 9.53 Å². The molecule has 1 aliphatic heterocycles. The Kier molecular flexibility index (Phi) is 9.17. The zero-order chi connectivity index (χ0) is 21.9. The van der Waals surface area contributed by atoms with Crippen molar-refractivity contribution in [2.75, 3.05) is 66.6 Å². The predicted octanol–water partition coefficient (Wildman–Crippen LogP) is 1.38. The van der Waals surface area contributed by atoms with Gasteiger partial charge in [0.1, 0.15) is 6.54 Å². The predicted molar refractivity (Wildman–Crippen MR) is 125 cm³/mol. The molecule has 170 valence electrons. The van der Waals surface area contributed by atoms with E-state index in [1.807, 2.05) is 0 Å². The van der Waals surface area contributed by atoms with Gasteiger partial charge in [0.2, 0.25) is 5.91 Å². The molecule has 0 atom stereocenters. The highest BCUT2D eigenvalue weighted by Gasteiger charge is 2.10. The Balaban J connectivity index is 1.43. The molecule has 1 fully saturated rings. The minimum atomic E-state index is -0.00627. The van der Waals surface area contributed by atoms with Gasteiger partial charge in [0.05, 0.1) is 13.2 Å². The molecular weight excluding hydrogens is 392 g/mol. The van der Waals surface area contributed by atoms with Crippen LogP contribution in [0.25, 0.3) is 10.9 Å². The molecule has 1 saturated heterocycles. The van der Waals surface area contributed by atoms with E-state index < -0.39 is 0 Å². The molecule has 0 spiro atoms. The first kappa shape index (κ1) is 23.1. The fraction of sp³-hybridized carbons (Fsp3) is 0.565. The number of carbonyl (C=O) groups is 1. The van der Waals surface area contributed by atoms with Gasteiger partial charge < -0.3 is 24.8 Å². The smallest absolute Gasteiger partial charge is 0.243 e. The summed E-state index contributed by atoms with van der Waals surface area (Å²) in [5.74, 6) is 0.697. The van der Waals surface area contributed by atoms with Crippen LogP contribution in [0.4, 0.5) is 0 Å². The normalized spacial score (nSPS) is 15.2. The van der Waals surface area contributed by atoms with Crippen molar-refractivity contribution in [3.05, 3.63) is 36.5 Å². The van der Waals surface area contributed by atoms with Gasteiger partial charge in [-0.05, 0) is 36.9 Å². The maximum Gasteiger partial charge on any atom is 0.243 e. The largest absolute Gasteiger partial charge is 0.379 e. The zero-order valence-electron chi connectivity index (χ0n) is 18.8. The number of rotatable bonds is 10. The number of guanidine groups is 1. The molecule has 1 aromatic carbocycles. The fourth-order valence-corrected chi connectivity index (χ4v) is 3.59. The Morgan fingerprint density at radius 2 is 1.77 bits per heavy atom. The van der Waals surface area contributed by atoms with Gasteiger partial charge in [-0.1, -0.05) is 18.2 Å². The molecule has 8 heteroatoms. The summed E-state index contributed by atoms with van der Waals surface area (Å²) in [4.78, 5) is 20.4. The summed E-state index contributed by atoms with van der Waals surface area (Å²) >= 11 is 0. The van der Waals surface area contributed by atoms with E-state index in [9.17, 15) is 4.79 Å². The molecule has 31 heavy (non-hydrogen) atoms. The van der Waals surface area contributed by atoms with E-state index in [-0.39, 0.29) is 12.5 Å². The van der Waals surface area contributed by atoms with E-state index in [0.717, 1.165) is 65.3 Å². The molecule has 2 aromatic rings. The van der Waals surface area contributed by atoms with Crippen molar-refractivity contribution in [1.82, 2.24) is 25.0 Å². The molecular formula is C23H36N6O2. The van der Waals surface area contributed by atoms with Crippen LogP contribution in [-0.4, -0.2) is 92.8 Å². The van der Waals surface area contributed by atoms with Gasteiger partial charge in [-0.15, -0.1) is 0 Å². The Labute approximate surface area is 185 Å². The van der Waals surface area contributed by atoms with Crippen LogP contribution >= 0.6 is 0 Å². The minimum absolute atomic E-state index is 0.00627. The fourth-order valence-electron chi connectivity index (χ4n) is 3.59. The summed E-state index contributed by atoms with van der Waals surface area (Å²) in [6.07, 6.45) is 4.13. The lowest BCUT2D eigenvalue weighted by Gasteiger charge is -2.26. The number of nitrogens with zero attached hydrogens (tertiary/aromatic N) is 4. The molecule has 2 heterocycles. The van der Waals surface area contributed by atoms with Gasteiger partial charge in [-0.2, -0.15) is 0 Å². The molecule has 0 radical (unpaired) electrons. The Hall–Kier alpha value is -2.58. The number of benzene rings is 1. The van der Waals surface area contributed by atoms with E-state index in [4.69, 9.17) is 4.74 Å². The Morgan fingerprint density at radius 3 is 2.52 bits per heavy atom. The van der Waals surface area contributed by atoms with Crippen LogP contribution in [0.1, 0.15) is 12.8 Å². The second-order valence-corrected chi connectivity index (χ2v) is 8.04. The van der Waals surface area contributed by atoms with Gasteiger partial charge in [-0.3, -0.25) is 9.69 Å². The number of amides is 1. The van der Waals surface area contributed by atoms with Crippen LogP contribution in [0.15, 0.2) is 41.5 Å². The molecule has 3 rings (SSSR count). The molecule has 0 unspecified atom stereocenters. The minimum Gasteiger partial charge on any atom is -0.379 e. The van der Waals surface area contributed by atoms with Crippen LogP contribution in [0.3, 0.4) is 0 Å². The summed E-state index contributed by atoms with van der Waals surface area (Å²) < 4.78 is 7.68. The van der Waals surface area contributed by atoms with Crippen molar-refractivity contribution in [1.29, 1.82) is 0 Å². The number of fused-ring (bicyclic) bond motifs is 1. The number of hydrogen-bond donors (Lipinski definition) is 2.